The topological polar surface area (TPSA) is 55.6 Å². The number of methoxy groups -OCH3 is 1. The van der Waals surface area contributed by atoms with Crippen molar-refractivity contribution >= 4 is 5.69 Å². The average molecular weight is 236 g/mol. The molecule has 92 valence electrons. The largest absolute Gasteiger partial charge is 0.490 e. The summed E-state index contributed by atoms with van der Waals surface area (Å²) >= 11 is 0. The number of ether oxygens (including phenoxy) is 1. The molecule has 1 aliphatic rings. The molecule has 5 heteroatoms. The lowest BCUT2D eigenvalue weighted by Crippen LogP contribution is -2.35. The molecule has 0 saturated heterocycles. The zero-order valence-electron chi connectivity index (χ0n) is 10.3. The standard InChI is InChI=1S/C12H16N2O3/c1-8-4-9-6-12(17-3)11(14(15)16)5-10(9)7-13(8)2/h5-6,8H,4,7H2,1-3H3. The summed E-state index contributed by atoms with van der Waals surface area (Å²) in [4.78, 5) is 12.7. The highest BCUT2D eigenvalue weighted by molar-refractivity contribution is 5.53. The minimum Gasteiger partial charge on any atom is -0.490 e. The van der Waals surface area contributed by atoms with Crippen molar-refractivity contribution in [2.45, 2.75) is 25.9 Å². The van der Waals surface area contributed by atoms with Crippen LogP contribution in [-0.2, 0) is 13.0 Å². The summed E-state index contributed by atoms with van der Waals surface area (Å²) in [6.07, 6.45) is 0.903. The van der Waals surface area contributed by atoms with Crippen molar-refractivity contribution in [3.8, 4) is 5.75 Å². The summed E-state index contributed by atoms with van der Waals surface area (Å²) in [6, 6.07) is 3.89. The first kappa shape index (κ1) is 11.9. The van der Waals surface area contributed by atoms with Gasteiger partial charge in [-0.05, 0) is 37.6 Å². The number of hydrogen-bond acceptors (Lipinski definition) is 4. The molecule has 1 aromatic rings. The number of fused-ring (bicyclic) bond motifs is 1. The molecule has 0 bridgehead atoms. The SMILES string of the molecule is COc1cc2c(cc1[N+](=O)[O-])CN(C)C(C)C2. The van der Waals surface area contributed by atoms with Crippen LogP contribution in [0.15, 0.2) is 12.1 Å². The molecule has 0 spiro atoms. The fraction of sp³-hybridized carbons (Fsp3) is 0.500. The maximum Gasteiger partial charge on any atom is 0.311 e. The molecule has 1 atom stereocenters. The van der Waals surface area contributed by atoms with E-state index in [1.807, 2.05) is 7.05 Å². The molecule has 1 heterocycles. The Morgan fingerprint density at radius 2 is 2.18 bits per heavy atom. The Balaban J connectivity index is 2.48. The van der Waals surface area contributed by atoms with Crippen molar-refractivity contribution in [2.24, 2.45) is 0 Å². The third-order valence-corrected chi connectivity index (χ3v) is 3.39. The third-order valence-electron chi connectivity index (χ3n) is 3.39. The van der Waals surface area contributed by atoms with Gasteiger partial charge >= 0.3 is 5.69 Å². The Morgan fingerprint density at radius 3 is 2.76 bits per heavy atom. The summed E-state index contributed by atoms with van der Waals surface area (Å²) in [5, 5.41) is 10.9. The maximum absolute atomic E-state index is 10.9. The van der Waals surface area contributed by atoms with Gasteiger partial charge in [0.1, 0.15) is 0 Å². The number of benzene rings is 1. The van der Waals surface area contributed by atoms with E-state index < -0.39 is 4.92 Å². The number of rotatable bonds is 2. The molecule has 2 rings (SSSR count). The Morgan fingerprint density at radius 1 is 1.47 bits per heavy atom. The van der Waals surface area contributed by atoms with Gasteiger partial charge in [0.15, 0.2) is 5.75 Å². The summed E-state index contributed by atoms with van der Waals surface area (Å²) in [5.41, 5.74) is 2.23. The van der Waals surface area contributed by atoms with Gasteiger partial charge in [-0.2, -0.15) is 0 Å². The van der Waals surface area contributed by atoms with Gasteiger partial charge in [0, 0.05) is 18.7 Å². The molecule has 5 nitrogen and oxygen atoms in total. The zero-order chi connectivity index (χ0) is 12.6. The number of nitrogens with zero attached hydrogens (tertiary/aromatic N) is 2. The van der Waals surface area contributed by atoms with Crippen LogP contribution in [0.1, 0.15) is 18.1 Å². The van der Waals surface area contributed by atoms with E-state index in [1.165, 1.54) is 7.11 Å². The van der Waals surface area contributed by atoms with Crippen molar-refractivity contribution in [3.63, 3.8) is 0 Å². The van der Waals surface area contributed by atoms with Crippen LogP contribution in [0.3, 0.4) is 0 Å². The molecule has 1 aliphatic heterocycles. The van der Waals surface area contributed by atoms with Gasteiger partial charge in [-0.15, -0.1) is 0 Å². The zero-order valence-corrected chi connectivity index (χ0v) is 10.3. The van der Waals surface area contributed by atoms with Crippen LogP contribution in [0, 0.1) is 10.1 Å². The number of nitro benzene ring substituents is 1. The summed E-state index contributed by atoms with van der Waals surface area (Å²) in [6.45, 7) is 2.90. The highest BCUT2D eigenvalue weighted by Crippen LogP contribution is 2.33. The van der Waals surface area contributed by atoms with Crippen molar-refractivity contribution in [1.82, 2.24) is 4.90 Å². The van der Waals surface area contributed by atoms with Crippen LogP contribution in [0.5, 0.6) is 5.75 Å². The molecule has 0 N–H and O–H groups in total. The first-order chi connectivity index (χ1) is 8.02. The van der Waals surface area contributed by atoms with Crippen molar-refractivity contribution < 1.29 is 9.66 Å². The first-order valence-electron chi connectivity index (χ1n) is 5.57. The predicted octanol–water partition coefficient (Wildman–Crippen LogP) is 1.98. The molecule has 1 aromatic carbocycles. The predicted molar refractivity (Wildman–Crippen MR) is 64.3 cm³/mol. The Hall–Kier alpha value is -1.62. The van der Waals surface area contributed by atoms with E-state index in [-0.39, 0.29) is 5.69 Å². The van der Waals surface area contributed by atoms with Gasteiger partial charge in [0.05, 0.1) is 12.0 Å². The summed E-state index contributed by atoms with van der Waals surface area (Å²) in [7, 11) is 3.50. The fourth-order valence-corrected chi connectivity index (χ4v) is 2.20. The Kier molecular flexibility index (Phi) is 3.02. The van der Waals surface area contributed by atoms with Crippen molar-refractivity contribution in [3.05, 3.63) is 33.4 Å². The first-order valence-corrected chi connectivity index (χ1v) is 5.57. The van der Waals surface area contributed by atoms with Crippen LogP contribution in [0.25, 0.3) is 0 Å². The van der Waals surface area contributed by atoms with Gasteiger partial charge < -0.3 is 4.74 Å². The molecule has 17 heavy (non-hydrogen) atoms. The lowest BCUT2D eigenvalue weighted by atomic mass is 9.94. The minimum atomic E-state index is -0.392. The smallest absolute Gasteiger partial charge is 0.311 e. The van der Waals surface area contributed by atoms with E-state index >= 15 is 0 Å². The van der Waals surface area contributed by atoms with E-state index in [4.69, 9.17) is 4.74 Å². The van der Waals surface area contributed by atoms with Gasteiger partial charge in [0.2, 0.25) is 0 Å². The van der Waals surface area contributed by atoms with Gasteiger partial charge in [-0.25, -0.2) is 0 Å². The Labute approximate surface area is 100 Å². The molecule has 0 amide bonds. The van der Waals surface area contributed by atoms with Crippen LogP contribution in [0.2, 0.25) is 0 Å². The van der Waals surface area contributed by atoms with Crippen LogP contribution < -0.4 is 4.74 Å². The summed E-state index contributed by atoms with van der Waals surface area (Å²) < 4.78 is 5.08. The minimum absolute atomic E-state index is 0.0502. The van der Waals surface area contributed by atoms with E-state index in [9.17, 15) is 10.1 Å². The highest BCUT2D eigenvalue weighted by Gasteiger charge is 2.25. The second-order valence-electron chi connectivity index (χ2n) is 4.52. The molecule has 0 fully saturated rings. The molecule has 0 aromatic heterocycles. The van der Waals surface area contributed by atoms with Crippen LogP contribution in [-0.4, -0.2) is 30.0 Å². The monoisotopic (exact) mass is 236 g/mol. The molecule has 0 saturated carbocycles. The molecular formula is C12H16N2O3. The molecule has 0 aliphatic carbocycles. The lowest BCUT2D eigenvalue weighted by molar-refractivity contribution is -0.385. The molecule has 1 unspecified atom stereocenters. The lowest BCUT2D eigenvalue weighted by Gasteiger charge is -2.31. The second-order valence-corrected chi connectivity index (χ2v) is 4.52. The number of nitro groups is 1. The summed E-state index contributed by atoms with van der Waals surface area (Å²) in [5.74, 6) is 0.352. The maximum atomic E-state index is 10.9. The number of likely N-dealkylation sites (N-methyl/N-ethyl adjacent to an activating group) is 1. The van der Waals surface area contributed by atoms with Crippen LogP contribution >= 0.6 is 0 Å². The Bertz CT molecular complexity index is 459. The van der Waals surface area contributed by atoms with E-state index in [0.717, 1.165) is 24.1 Å². The van der Waals surface area contributed by atoms with E-state index in [2.05, 4.69) is 11.8 Å². The van der Waals surface area contributed by atoms with Crippen molar-refractivity contribution in [2.75, 3.05) is 14.2 Å². The van der Waals surface area contributed by atoms with E-state index in [0.29, 0.717) is 11.8 Å². The van der Waals surface area contributed by atoms with Crippen LogP contribution in [0.4, 0.5) is 5.69 Å². The van der Waals surface area contributed by atoms with Crippen molar-refractivity contribution in [1.29, 1.82) is 0 Å². The molecular weight excluding hydrogens is 220 g/mol. The molecule has 0 radical (unpaired) electrons. The number of hydrogen-bond donors (Lipinski definition) is 0. The van der Waals surface area contributed by atoms with Gasteiger partial charge in [-0.1, -0.05) is 0 Å². The van der Waals surface area contributed by atoms with E-state index in [1.54, 1.807) is 12.1 Å². The third kappa shape index (κ3) is 2.10. The second kappa shape index (κ2) is 4.33. The normalized spacial score (nSPS) is 19.8. The van der Waals surface area contributed by atoms with Gasteiger partial charge in [0.25, 0.3) is 0 Å². The quantitative estimate of drug-likeness (QED) is 0.582. The fourth-order valence-electron chi connectivity index (χ4n) is 2.20. The highest BCUT2D eigenvalue weighted by atomic mass is 16.6. The van der Waals surface area contributed by atoms with Gasteiger partial charge in [-0.3, -0.25) is 15.0 Å². The average Bonchev–Trinajstić information content (AvgIpc) is 2.29.